The van der Waals surface area contributed by atoms with Crippen molar-refractivity contribution in [2.45, 2.75) is 315 Å². The van der Waals surface area contributed by atoms with Gasteiger partial charge in [-0.05, 0) is 25.7 Å². The molecule has 0 radical (unpaired) electrons. The molecule has 0 aromatic rings. The second kappa shape index (κ2) is 49.5. The van der Waals surface area contributed by atoms with Crippen molar-refractivity contribution in [3.8, 4) is 0 Å². The number of rotatable bonds is 50. The summed E-state index contributed by atoms with van der Waals surface area (Å²) in [6, 6.07) is -0.545. The summed E-state index contributed by atoms with van der Waals surface area (Å²) in [5.41, 5.74) is 0. The maximum atomic E-state index is 12.4. The Balaban J connectivity index is 3.40. The van der Waals surface area contributed by atoms with Crippen LogP contribution >= 0.6 is 0 Å². The summed E-state index contributed by atoms with van der Waals surface area (Å²) in [5, 5.41) is 23.2. The van der Waals surface area contributed by atoms with Crippen molar-refractivity contribution in [1.82, 2.24) is 5.32 Å². The molecular formula is C53H105NO5. The molecule has 0 bridgehead atoms. The van der Waals surface area contributed by atoms with Gasteiger partial charge in [-0.2, -0.15) is 0 Å². The van der Waals surface area contributed by atoms with Crippen molar-refractivity contribution < 1.29 is 24.5 Å². The fraction of sp³-hybridized carbons (Fsp3) is 0.962. The van der Waals surface area contributed by atoms with Crippen LogP contribution in [0.5, 0.6) is 0 Å². The van der Waals surface area contributed by atoms with Gasteiger partial charge in [0.25, 0.3) is 0 Å². The third kappa shape index (κ3) is 46.2. The van der Waals surface area contributed by atoms with E-state index in [-0.39, 0.29) is 18.5 Å². The smallest absolute Gasteiger partial charge is 0.305 e. The van der Waals surface area contributed by atoms with Crippen molar-refractivity contribution in [2.75, 3.05) is 13.2 Å². The Labute approximate surface area is 368 Å². The molecule has 0 aliphatic carbocycles. The average molecular weight is 836 g/mol. The van der Waals surface area contributed by atoms with Crippen LogP contribution in [-0.4, -0.2) is 47.4 Å². The Morgan fingerprint density at radius 1 is 0.407 bits per heavy atom. The number of carbonyl (C=O) groups is 2. The van der Waals surface area contributed by atoms with Crippen LogP contribution in [0.2, 0.25) is 0 Å². The number of esters is 1. The molecule has 59 heavy (non-hydrogen) atoms. The Hall–Kier alpha value is -1.14. The topological polar surface area (TPSA) is 95.9 Å². The number of hydrogen-bond donors (Lipinski definition) is 3. The molecule has 352 valence electrons. The molecular weight excluding hydrogens is 731 g/mol. The highest BCUT2D eigenvalue weighted by Crippen LogP contribution is 2.17. The number of aliphatic hydroxyl groups excluding tert-OH is 2. The van der Waals surface area contributed by atoms with E-state index in [1.54, 1.807) is 0 Å². The van der Waals surface area contributed by atoms with Crippen molar-refractivity contribution in [3.63, 3.8) is 0 Å². The quantitative estimate of drug-likeness (QED) is 0.0419. The minimum atomic E-state index is -0.667. The number of hydrogen-bond acceptors (Lipinski definition) is 5. The molecule has 0 saturated carbocycles. The van der Waals surface area contributed by atoms with E-state index in [2.05, 4.69) is 19.2 Å². The summed E-state index contributed by atoms with van der Waals surface area (Å²) >= 11 is 0. The Morgan fingerprint density at radius 2 is 0.695 bits per heavy atom. The first-order valence-electron chi connectivity index (χ1n) is 26.8. The summed E-state index contributed by atoms with van der Waals surface area (Å²) in [4.78, 5) is 24.5. The predicted molar refractivity (Wildman–Crippen MR) is 255 cm³/mol. The normalized spacial score (nSPS) is 12.5. The van der Waals surface area contributed by atoms with Gasteiger partial charge < -0.3 is 20.3 Å². The average Bonchev–Trinajstić information content (AvgIpc) is 3.24. The van der Waals surface area contributed by atoms with Crippen LogP contribution in [0.1, 0.15) is 303 Å². The summed E-state index contributed by atoms with van der Waals surface area (Å²) in [6.07, 6.45) is 55.0. The zero-order valence-electron chi connectivity index (χ0n) is 40.0. The highest BCUT2D eigenvalue weighted by molar-refractivity contribution is 5.76. The summed E-state index contributed by atoms with van der Waals surface area (Å²) < 4.78 is 5.47. The number of nitrogens with one attached hydrogen (secondary N) is 1. The monoisotopic (exact) mass is 836 g/mol. The Bertz CT molecular complexity index is 837. The highest BCUT2D eigenvalue weighted by Gasteiger charge is 2.20. The van der Waals surface area contributed by atoms with Crippen LogP contribution in [0.15, 0.2) is 0 Å². The maximum Gasteiger partial charge on any atom is 0.305 e. The first kappa shape index (κ1) is 57.9. The van der Waals surface area contributed by atoms with Crippen molar-refractivity contribution >= 4 is 11.9 Å². The van der Waals surface area contributed by atoms with E-state index in [1.165, 1.54) is 225 Å². The molecule has 0 aromatic heterocycles. The zero-order chi connectivity index (χ0) is 43.0. The first-order valence-corrected chi connectivity index (χ1v) is 26.8. The van der Waals surface area contributed by atoms with Crippen LogP contribution < -0.4 is 5.32 Å². The third-order valence-electron chi connectivity index (χ3n) is 12.7. The third-order valence-corrected chi connectivity index (χ3v) is 12.7. The van der Waals surface area contributed by atoms with Gasteiger partial charge in [-0.1, -0.05) is 264 Å². The fourth-order valence-corrected chi connectivity index (χ4v) is 8.52. The van der Waals surface area contributed by atoms with Crippen LogP contribution in [0.25, 0.3) is 0 Å². The van der Waals surface area contributed by atoms with Gasteiger partial charge in [-0.3, -0.25) is 9.59 Å². The number of carbonyl (C=O) groups excluding carboxylic acids is 2. The lowest BCUT2D eigenvalue weighted by atomic mass is 10.0. The number of amides is 1. The van der Waals surface area contributed by atoms with E-state index in [1.807, 2.05) is 0 Å². The lowest BCUT2D eigenvalue weighted by Gasteiger charge is -2.22. The van der Waals surface area contributed by atoms with E-state index >= 15 is 0 Å². The highest BCUT2D eigenvalue weighted by atomic mass is 16.5. The van der Waals surface area contributed by atoms with Gasteiger partial charge in [0, 0.05) is 12.8 Å². The van der Waals surface area contributed by atoms with E-state index in [4.69, 9.17) is 4.74 Å². The van der Waals surface area contributed by atoms with Gasteiger partial charge in [0.1, 0.15) is 0 Å². The molecule has 0 rings (SSSR count). The summed E-state index contributed by atoms with van der Waals surface area (Å²) in [7, 11) is 0. The minimum Gasteiger partial charge on any atom is -0.466 e. The van der Waals surface area contributed by atoms with Crippen LogP contribution in [0.4, 0.5) is 0 Å². The Kier molecular flexibility index (Phi) is 48.6. The number of ether oxygens (including phenoxy) is 1. The van der Waals surface area contributed by atoms with Crippen LogP contribution in [0.3, 0.4) is 0 Å². The van der Waals surface area contributed by atoms with Crippen molar-refractivity contribution in [3.05, 3.63) is 0 Å². The first-order chi connectivity index (χ1) is 29.0. The van der Waals surface area contributed by atoms with Gasteiger partial charge in [0.15, 0.2) is 0 Å². The largest absolute Gasteiger partial charge is 0.466 e. The summed E-state index contributed by atoms with van der Waals surface area (Å²) in [5.74, 6) is -0.0383. The Morgan fingerprint density at radius 3 is 1.03 bits per heavy atom. The van der Waals surface area contributed by atoms with Gasteiger partial charge in [-0.25, -0.2) is 0 Å². The fourth-order valence-electron chi connectivity index (χ4n) is 8.52. The number of aliphatic hydroxyl groups is 2. The maximum absolute atomic E-state index is 12.4. The van der Waals surface area contributed by atoms with Gasteiger partial charge in [0.2, 0.25) is 5.91 Å². The molecule has 6 heteroatoms. The molecule has 0 aromatic carbocycles. The zero-order valence-corrected chi connectivity index (χ0v) is 40.0. The van der Waals surface area contributed by atoms with Crippen LogP contribution in [0, 0.1) is 0 Å². The minimum absolute atomic E-state index is 0.00410. The van der Waals surface area contributed by atoms with E-state index in [0.29, 0.717) is 25.9 Å². The van der Waals surface area contributed by atoms with E-state index in [0.717, 1.165) is 44.9 Å². The molecule has 3 N–H and O–H groups in total. The van der Waals surface area contributed by atoms with E-state index in [9.17, 15) is 19.8 Å². The number of unbranched alkanes of at least 4 members (excludes halogenated alkanes) is 39. The standard InChI is InChI=1S/C53H105NO5/c1-3-5-7-9-11-13-15-17-19-23-27-31-35-39-43-47-53(58)59-48-44-40-36-32-28-24-21-18-20-22-26-30-34-38-42-46-52(57)54-50(49-55)51(56)45-41-37-33-29-25-16-14-12-10-8-6-4-2/h50-51,55-56H,3-49H2,1-2H3,(H,54,57). The molecule has 0 heterocycles. The molecule has 0 fully saturated rings. The molecule has 6 nitrogen and oxygen atoms in total. The predicted octanol–water partition coefficient (Wildman–Crippen LogP) is 16.0. The molecule has 1 amide bonds. The molecule has 2 atom stereocenters. The second-order valence-electron chi connectivity index (χ2n) is 18.6. The van der Waals surface area contributed by atoms with Crippen molar-refractivity contribution in [1.29, 1.82) is 0 Å². The molecule has 0 saturated heterocycles. The summed E-state index contributed by atoms with van der Waals surface area (Å²) in [6.45, 7) is 4.95. The van der Waals surface area contributed by atoms with Gasteiger partial charge in [-0.15, -0.1) is 0 Å². The molecule has 2 unspecified atom stereocenters. The van der Waals surface area contributed by atoms with Gasteiger partial charge >= 0.3 is 5.97 Å². The molecule has 0 aliphatic rings. The van der Waals surface area contributed by atoms with E-state index < -0.39 is 12.1 Å². The van der Waals surface area contributed by atoms with Crippen LogP contribution in [-0.2, 0) is 14.3 Å². The lowest BCUT2D eigenvalue weighted by Crippen LogP contribution is -2.45. The molecule has 0 aliphatic heterocycles. The van der Waals surface area contributed by atoms with Gasteiger partial charge in [0.05, 0.1) is 25.4 Å². The SMILES string of the molecule is CCCCCCCCCCCCCCCCCC(=O)OCCCCCCCCCCCCCCCCCC(=O)NC(CO)C(O)CCCCCCCCCCCCCC. The molecule has 0 spiro atoms. The lowest BCUT2D eigenvalue weighted by molar-refractivity contribution is -0.143. The van der Waals surface area contributed by atoms with Crippen molar-refractivity contribution in [2.24, 2.45) is 0 Å². The second-order valence-corrected chi connectivity index (χ2v) is 18.6.